The number of rotatable bonds is 6. The number of halogens is 2. The van der Waals surface area contributed by atoms with E-state index in [0.717, 1.165) is 16.1 Å². The van der Waals surface area contributed by atoms with E-state index in [1.807, 2.05) is 13.0 Å². The molecule has 0 aliphatic rings. The fourth-order valence-corrected chi connectivity index (χ4v) is 3.72. The number of thiazole rings is 1. The molecule has 152 valence electrons. The van der Waals surface area contributed by atoms with Crippen LogP contribution in [0.5, 0.6) is 5.75 Å². The van der Waals surface area contributed by atoms with Crippen LogP contribution in [0.15, 0.2) is 67.0 Å². The maximum atomic E-state index is 12.7. The minimum Gasteiger partial charge on any atom is -0.435 e. The van der Waals surface area contributed by atoms with E-state index in [9.17, 15) is 13.6 Å². The molecule has 0 aliphatic heterocycles. The normalized spacial score (nSPS) is 10.9. The van der Waals surface area contributed by atoms with Crippen LogP contribution in [0.2, 0.25) is 0 Å². The minimum absolute atomic E-state index is 0.0761. The zero-order chi connectivity index (χ0) is 21.1. The van der Waals surface area contributed by atoms with Crippen molar-refractivity contribution in [3.8, 4) is 22.7 Å². The number of nitrogens with zero attached hydrogens (tertiary/aromatic N) is 3. The number of alkyl halides is 2. The first-order valence-corrected chi connectivity index (χ1v) is 9.75. The number of aromatic nitrogens is 3. The average molecular weight is 426 g/mol. The van der Waals surface area contributed by atoms with Gasteiger partial charge in [-0.25, -0.2) is 9.67 Å². The number of carbonyl (C=O) groups excluding carboxylic acids is 1. The Bertz CT molecular complexity index is 1160. The molecule has 0 unspecified atom stereocenters. The smallest absolute Gasteiger partial charge is 0.387 e. The first-order valence-electron chi connectivity index (χ1n) is 8.94. The quantitative estimate of drug-likeness (QED) is 0.463. The zero-order valence-corrected chi connectivity index (χ0v) is 16.6. The highest BCUT2D eigenvalue weighted by Gasteiger charge is 2.14. The molecule has 0 fully saturated rings. The van der Waals surface area contributed by atoms with Gasteiger partial charge in [-0.3, -0.25) is 10.1 Å². The van der Waals surface area contributed by atoms with Crippen molar-refractivity contribution in [3.63, 3.8) is 0 Å². The fourth-order valence-electron chi connectivity index (χ4n) is 2.89. The van der Waals surface area contributed by atoms with Crippen LogP contribution in [0.3, 0.4) is 0 Å². The highest BCUT2D eigenvalue weighted by Crippen LogP contribution is 2.31. The molecule has 0 atom stereocenters. The number of benzene rings is 2. The summed E-state index contributed by atoms with van der Waals surface area (Å²) in [4.78, 5) is 18.1. The first-order chi connectivity index (χ1) is 14.5. The number of hydrogen-bond donors (Lipinski definition) is 1. The summed E-state index contributed by atoms with van der Waals surface area (Å²) in [5, 5.41) is 7.43. The van der Waals surface area contributed by atoms with E-state index in [0.29, 0.717) is 16.4 Å². The lowest BCUT2D eigenvalue weighted by Crippen LogP contribution is -2.12. The van der Waals surface area contributed by atoms with Crippen LogP contribution < -0.4 is 10.1 Å². The van der Waals surface area contributed by atoms with E-state index in [4.69, 9.17) is 0 Å². The summed E-state index contributed by atoms with van der Waals surface area (Å²) in [7, 11) is 0. The second-order valence-electron chi connectivity index (χ2n) is 6.28. The number of ether oxygens (including phenoxy) is 1. The van der Waals surface area contributed by atoms with Gasteiger partial charge in [-0.15, -0.1) is 11.3 Å². The lowest BCUT2D eigenvalue weighted by atomic mass is 10.1. The van der Waals surface area contributed by atoms with Crippen LogP contribution in [0.1, 0.15) is 15.2 Å². The number of amides is 1. The molecule has 0 spiro atoms. The second kappa shape index (κ2) is 8.42. The van der Waals surface area contributed by atoms with Crippen molar-refractivity contribution in [1.82, 2.24) is 14.8 Å². The summed E-state index contributed by atoms with van der Waals surface area (Å²) in [5.74, 6) is -0.211. The van der Waals surface area contributed by atoms with Gasteiger partial charge in [0.2, 0.25) is 0 Å². The summed E-state index contributed by atoms with van der Waals surface area (Å²) in [6, 6.07) is 15.1. The van der Waals surface area contributed by atoms with Crippen molar-refractivity contribution in [2.75, 3.05) is 5.32 Å². The summed E-state index contributed by atoms with van der Waals surface area (Å²) < 4.78 is 30.6. The van der Waals surface area contributed by atoms with E-state index in [1.165, 1.54) is 23.5 Å². The molecule has 1 N–H and O–H groups in total. The highest BCUT2D eigenvalue weighted by molar-refractivity contribution is 7.16. The summed E-state index contributed by atoms with van der Waals surface area (Å²) in [6.45, 7) is -0.990. The second-order valence-corrected chi connectivity index (χ2v) is 7.48. The third kappa shape index (κ3) is 4.36. The molecule has 0 radical (unpaired) electrons. The van der Waals surface area contributed by atoms with Crippen molar-refractivity contribution in [1.29, 1.82) is 0 Å². The Kier molecular flexibility index (Phi) is 5.53. The van der Waals surface area contributed by atoms with E-state index in [-0.39, 0.29) is 11.7 Å². The average Bonchev–Trinajstić information content (AvgIpc) is 3.38. The van der Waals surface area contributed by atoms with Gasteiger partial charge in [-0.05, 0) is 55.5 Å². The Morgan fingerprint density at radius 3 is 2.67 bits per heavy atom. The van der Waals surface area contributed by atoms with Gasteiger partial charge in [0.05, 0.1) is 11.4 Å². The fraction of sp³-hybridized carbons (Fsp3) is 0.0952. The molecule has 0 bridgehead atoms. The molecule has 9 heteroatoms. The Morgan fingerprint density at radius 1 is 1.17 bits per heavy atom. The van der Waals surface area contributed by atoms with Crippen molar-refractivity contribution in [3.05, 3.63) is 77.4 Å². The number of hydrogen-bond acceptors (Lipinski definition) is 5. The largest absolute Gasteiger partial charge is 0.435 e. The molecule has 4 aromatic rings. The topological polar surface area (TPSA) is 69.0 Å². The summed E-state index contributed by atoms with van der Waals surface area (Å²) >= 11 is 1.34. The van der Waals surface area contributed by atoms with Crippen molar-refractivity contribution in [2.45, 2.75) is 13.5 Å². The van der Waals surface area contributed by atoms with E-state index in [1.54, 1.807) is 53.5 Å². The van der Waals surface area contributed by atoms with Crippen LogP contribution in [0.25, 0.3) is 16.9 Å². The lowest BCUT2D eigenvalue weighted by molar-refractivity contribution is -0.0498. The number of aryl methyl sites for hydroxylation is 1. The van der Waals surface area contributed by atoms with Gasteiger partial charge in [0.15, 0.2) is 5.13 Å². The standard InChI is InChI=1S/C21H16F2N4O2S/c1-13-18(14-6-8-17(9-7-14)29-20(22)23)25-21(30-13)26-19(28)15-4-2-5-16(12-15)27-11-3-10-24-27/h2-12,20H,1H3,(H,25,26,28). The molecule has 0 aliphatic carbocycles. The maximum absolute atomic E-state index is 12.7. The van der Waals surface area contributed by atoms with Crippen LogP contribution in [0, 0.1) is 6.92 Å². The van der Waals surface area contributed by atoms with Gasteiger partial charge in [-0.2, -0.15) is 13.9 Å². The number of anilines is 1. The third-order valence-electron chi connectivity index (χ3n) is 4.25. The molecule has 30 heavy (non-hydrogen) atoms. The molecule has 2 aromatic heterocycles. The van der Waals surface area contributed by atoms with Gasteiger partial charge >= 0.3 is 6.61 Å². The zero-order valence-electron chi connectivity index (χ0n) is 15.8. The highest BCUT2D eigenvalue weighted by atomic mass is 32.1. The number of nitrogens with one attached hydrogen (secondary N) is 1. The molecule has 0 saturated carbocycles. The van der Waals surface area contributed by atoms with E-state index < -0.39 is 6.61 Å². The third-order valence-corrected chi connectivity index (χ3v) is 5.13. The van der Waals surface area contributed by atoms with Gasteiger partial charge in [0.1, 0.15) is 5.75 Å². The van der Waals surface area contributed by atoms with Crippen molar-refractivity contribution >= 4 is 22.4 Å². The molecule has 1 amide bonds. The van der Waals surface area contributed by atoms with Gasteiger partial charge in [0.25, 0.3) is 5.91 Å². The SMILES string of the molecule is Cc1sc(NC(=O)c2cccc(-n3cccn3)c2)nc1-c1ccc(OC(F)F)cc1. The van der Waals surface area contributed by atoms with Gasteiger partial charge < -0.3 is 4.74 Å². The molecular weight excluding hydrogens is 410 g/mol. The molecular formula is C21H16F2N4O2S. The first kappa shape index (κ1) is 19.7. The Hall–Kier alpha value is -3.59. The van der Waals surface area contributed by atoms with Crippen molar-refractivity contribution in [2.24, 2.45) is 0 Å². The molecule has 0 saturated heterocycles. The van der Waals surface area contributed by atoms with Crippen molar-refractivity contribution < 1.29 is 18.3 Å². The monoisotopic (exact) mass is 426 g/mol. The van der Waals surface area contributed by atoms with Gasteiger partial charge in [-0.1, -0.05) is 6.07 Å². The van der Waals surface area contributed by atoms with Gasteiger partial charge in [0, 0.05) is 28.4 Å². The lowest BCUT2D eigenvalue weighted by Gasteiger charge is -2.06. The van der Waals surface area contributed by atoms with Crippen LogP contribution in [-0.4, -0.2) is 27.3 Å². The van der Waals surface area contributed by atoms with E-state index in [2.05, 4.69) is 20.1 Å². The minimum atomic E-state index is -2.87. The van der Waals surface area contributed by atoms with Crippen LogP contribution >= 0.6 is 11.3 Å². The molecule has 2 aromatic carbocycles. The number of carbonyl (C=O) groups is 1. The summed E-state index contributed by atoms with van der Waals surface area (Å²) in [6.07, 6.45) is 3.46. The Morgan fingerprint density at radius 2 is 1.97 bits per heavy atom. The predicted octanol–water partition coefficient (Wildman–Crippen LogP) is 5.16. The summed E-state index contributed by atoms with van der Waals surface area (Å²) in [5.41, 5.74) is 2.66. The molecule has 6 nitrogen and oxygen atoms in total. The Balaban J connectivity index is 1.51. The maximum Gasteiger partial charge on any atom is 0.387 e. The van der Waals surface area contributed by atoms with Crippen LogP contribution in [-0.2, 0) is 0 Å². The van der Waals surface area contributed by atoms with E-state index >= 15 is 0 Å². The van der Waals surface area contributed by atoms with Crippen LogP contribution in [0.4, 0.5) is 13.9 Å². The molecule has 4 rings (SSSR count). The Labute approximate surface area is 174 Å². The predicted molar refractivity (Wildman–Crippen MR) is 110 cm³/mol. The molecule has 2 heterocycles.